The van der Waals surface area contributed by atoms with Crippen molar-refractivity contribution in [2.24, 2.45) is 5.73 Å². The molecule has 2 rings (SSSR count). The fraction of sp³-hybridized carbons (Fsp3) is 0.182. The highest BCUT2D eigenvalue weighted by Gasteiger charge is 2.03. The van der Waals surface area contributed by atoms with Gasteiger partial charge in [0.1, 0.15) is 5.58 Å². The Balaban J connectivity index is 2.29. The number of benzene rings is 1. The third kappa shape index (κ3) is 1.93. The molecule has 0 aliphatic rings. The zero-order chi connectivity index (χ0) is 10.8. The number of hydrogen-bond acceptors (Lipinski definition) is 2. The van der Waals surface area contributed by atoms with E-state index in [2.05, 4.69) is 5.32 Å². The minimum atomic E-state index is -0.515. The molecule has 0 saturated heterocycles. The second-order valence-electron chi connectivity index (χ2n) is 3.47. The Labute approximate surface area is 87.1 Å². The van der Waals surface area contributed by atoms with Gasteiger partial charge in [-0.25, -0.2) is 4.79 Å². The highest BCUT2D eigenvalue weighted by Crippen LogP contribution is 2.21. The monoisotopic (exact) mass is 204 g/mol. The van der Waals surface area contributed by atoms with Crippen LogP contribution >= 0.6 is 0 Å². The maximum atomic E-state index is 10.5. The number of primary amides is 1. The molecule has 0 saturated carbocycles. The summed E-state index contributed by atoms with van der Waals surface area (Å²) in [6.07, 6.45) is 1.72. The Morgan fingerprint density at radius 1 is 1.53 bits per heavy atom. The molecule has 0 unspecified atom stereocenters. The van der Waals surface area contributed by atoms with E-state index < -0.39 is 6.03 Å². The fourth-order valence-corrected chi connectivity index (χ4v) is 1.50. The predicted molar refractivity (Wildman–Crippen MR) is 57.4 cm³/mol. The van der Waals surface area contributed by atoms with Crippen molar-refractivity contribution < 1.29 is 9.21 Å². The van der Waals surface area contributed by atoms with Crippen molar-refractivity contribution in [3.05, 3.63) is 35.6 Å². The van der Waals surface area contributed by atoms with E-state index in [0.29, 0.717) is 6.54 Å². The van der Waals surface area contributed by atoms with E-state index in [0.717, 1.165) is 22.1 Å². The van der Waals surface area contributed by atoms with Crippen molar-refractivity contribution >= 4 is 17.0 Å². The van der Waals surface area contributed by atoms with E-state index in [1.165, 1.54) is 0 Å². The zero-order valence-electron chi connectivity index (χ0n) is 8.41. The molecule has 2 amide bonds. The SMILES string of the molecule is Cc1coc2ccc(CNC(N)=O)cc12. The smallest absolute Gasteiger partial charge is 0.312 e. The summed E-state index contributed by atoms with van der Waals surface area (Å²) in [7, 11) is 0. The van der Waals surface area contributed by atoms with Crippen LogP contribution in [0.2, 0.25) is 0 Å². The van der Waals surface area contributed by atoms with Gasteiger partial charge >= 0.3 is 6.03 Å². The number of furan rings is 1. The Morgan fingerprint density at radius 3 is 3.07 bits per heavy atom. The summed E-state index contributed by atoms with van der Waals surface area (Å²) in [6.45, 7) is 2.42. The van der Waals surface area contributed by atoms with Crippen LogP contribution in [0.3, 0.4) is 0 Å². The van der Waals surface area contributed by atoms with Gasteiger partial charge in [0, 0.05) is 11.9 Å². The summed E-state index contributed by atoms with van der Waals surface area (Å²) in [5, 5.41) is 3.61. The normalized spacial score (nSPS) is 10.5. The standard InChI is InChI=1S/C11H12N2O2/c1-7-6-15-10-3-2-8(4-9(7)10)5-13-11(12)14/h2-4,6H,5H2,1H3,(H3,12,13,14). The maximum absolute atomic E-state index is 10.5. The molecule has 1 heterocycles. The van der Waals surface area contributed by atoms with Crippen LogP contribution in [0, 0.1) is 6.92 Å². The number of amides is 2. The molecule has 4 heteroatoms. The summed E-state index contributed by atoms with van der Waals surface area (Å²) in [5.74, 6) is 0. The van der Waals surface area contributed by atoms with Gasteiger partial charge in [-0.3, -0.25) is 0 Å². The number of aryl methyl sites for hydroxylation is 1. The Kier molecular flexibility index (Phi) is 2.33. The van der Waals surface area contributed by atoms with Crippen molar-refractivity contribution in [3.8, 4) is 0 Å². The lowest BCUT2D eigenvalue weighted by atomic mass is 10.1. The number of nitrogens with one attached hydrogen (secondary N) is 1. The molecule has 0 atom stereocenters. The number of hydrogen-bond donors (Lipinski definition) is 2. The second-order valence-corrected chi connectivity index (χ2v) is 3.47. The van der Waals surface area contributed by atoms with Crippen LogP contribution < -0.4 is 11.1 Å². The third-order valence-corrected chi connectivity index (χ3v) is 2.30. The Hall–Kier alpha value is -1.97. The molecule has 0 bridgehead atoms. The maximum Gasteiger partial charge on any atom is 0.312 e. The molecule has 78 valence electrons. The van der Waals surface area contributed by atoms with Crippen LogP contribution in [0.5, 0.6) is 0 Å². The van der Waals surface area contributed by atoms with Crippen LogP contribution in [-0.4, -0.2) is 6.03 Å². The molecular weight excluding hydrogens is 192 g/mol. The Morgan fingerprint density at radius 2 is 2.33 bits per heavy atom. The van der Waals surface area contributed by atoms with E-state index in [9.17, 15) is 4.79 Å². The van der Waals surface area contributed by atoms with Gasteiger partial charge < -0.3 is 15.5 Å². The van der Waals surface area contributed by atoms with Gasteiger partial charge in [0.25, 0.3) is 0 Å². The molecule has 0 spiro atoms. The van der Waals surface area contributed by atoms with Gasteiger partial charge in [0.15, 0.2) is 0 Å². The number of urea groups is 1. The quantitative estimate of drug-likeness (QED) is 0.784. The van der Waals surface area contributed by atoms with Crippen LogP contribution in [0.4, 0.5) is 4.79 Å². The molecule has 0 aliphatic carbocycles. The molecule has 2 aromatic rings. The lowest BCUT2D eigenvalue weighted by Crippen LogP contribution is -2.28. The molecule has 3 N–H and O–H groups in total. The lowest BCUT2D eigenvalue weighted by molar-refractivity contribution is 0.248. The zero-order valence-corrected chi connectivity index (χ0v) is 8.41. The van der Waals surface area contributed by atoms with E-state index in [1.807, 2.05) is 25.1 Å². The highest BCUT2D eigenvalue weighted by molar-refractivity contribution is 5.81. The van der Waals surface area contributed by atoms with Crippen molar-refractivity contribution in [1.82, 2.24) is 5.32 Å². The molecule has 0 fully saturated rings. The summed E-state index contributed by atoms with van der Waals surface area (Å²) in [5.41, 5.74) is 7.95. The van der Waals surface area contributed by atoms with Crippen LogP contribution in [0.1, 0.15) is 11.1 Å². The van der Waals surface area contributed by atoms with Gasteiger partial charge in [0.2, 0.25) is 0 Å². The van der Waals surface area contributed by atoms with Crippen molar-refractivity contribution in [2.45, 2.75) is 13.5 Å². The van der Waals surface area contributed by atoms with Gasteiger partial charge in [-0.15, -0.1) is 0 Å². The Bertz CT molecular complexity index is 502. The van der Waals surface area contributed by atoms with Gasteiger partial charge in [-0.2, -0.15) is 0 Å². The van der Waals surface area contributed by atoms with E-state index >= 15 is 0 Å². The molecule has 15 heavy (non-hydrogen) atoms. The molecule has 0 radical (unpaired) electrons. The van der Waals surface area contributed by atoms with E-state index in [-0.39, 0.29) is 0 Å². The van der Waals surface area contributed by atoms with Crippen LogP contribution in [0.25, 0.3) is 11.0 Å². The van der Waals surface area contributed by atoms with Gasteiger partial charge in [-0.05, 0) is 30.2 Å². The van der Waals surface area contributed by atoms with Crippen molar-refractivity contribution in [2.75, 3.05) is 0 Å². The van der Waals surface area contributed by atoms with Crippen molar-refractivity contribution in [1.29, 1.82) is 0 Å². The van der Waals surface area contributed by atoms with E-state index in [1.54, 1.807) is 6.26 Å². The van der Waals surface area contributed by atoms with Crippen LogP contribution in [-0.2, 0) is 6.54 Å². The summed E-state index contributed by atoms with van der Waals surface area (Å²) in [4.78, 5) is 10.5. The largest absolute Gasteiger partial charge is 0.464 e. The third-order valence-electron chi connectivity index (χ3n) is 2.30. The number of rotatable bonds is 2. The van der Waals surface area contributed by atoms with Gasteiger partial charge in [0.05, 0.1) is 6.26 Å². The first-order valence-electron chi connectivity index (χ1n) is 4.67. The molecule has 4 nitrogen and oxygen atoms in total. The number of carbonyl (C=O) groups excluding carboxylic acids is 1. The average molecular weight is 204 g/mol. The minimum absolute atomic E-state index is 0.440. The summed E-state index contributed by atoms with van der Waals surface area (Å²) >= 11 is 0. The second kappa shape index (κ2) is 3.65. The topological polar surface area (TPSA) is 68.3 Å². The minimum Gasteiger partial charge on any atom is -0.464 e. The van der Waals surface area contributed by atoms with E-state index in [4.69, 9.17) is 10.2 Å². The molecule has 0 aliphatic heterocycles. The highest BCUT2D eigenvalue weighted by atomic mass is 16.3. The average Bonchev–Trinajstić information content (AvgIpc) is 2.57. The first kappa shape index (κ1) is 9.58. The molecule has 1 aromatic heterocycles. The molecule has 1 aromatic carbocycles. The number of fused-ring (bicyclic) bond motifs is 1. The lowest BCUT2D eigenvalue weighted by Gasteiger charge is -2.01. The fourth-order valence-electron chi connectivity index (χ4n) is 1.50. The molecular formula is C11H12N2O2. The summed E-state index contributed by atoms with van der Waals surface area (Å²) in [6, 6.07) is 5.27. The van der Waals surface area contributed by atoms with Crippen molar-refractivity contribution in [3.63, 3.8) is 0 Å². The summed E-state index contributed by atoms with van der Waals surface area (Å²) < 4.78 is 5.32. The number of carbonyl (C=O) groups is 1. The van der Waals surface area contributed by atoms with Gasteiger partial charge in [-0.1, -0.05) is 6.07 Å². The first-order chi connectivity index (χ1) is 7.16. The number of nitrogens with two attached hydrogens (primary N) is 1. The predicted octanol–water partition coefficient (Wildman–Crippen LogP) is 1.91. The first-order valence-corrected chi connectivity index (χ1v) is 4.67. The van der Waals surface area contributed by atoms with Crippen LogP contribution in [0.15, 0.2) is 28.9 Å².